The number of aryl methyl sites for hydroxylation is 1. The molecule has 1 saturated heterocycles. The van der Waals surface area contributed by atoms with Crippen LogP contribution < -0.4 is 5.32 Å². The fourth-order valence-corrected chi connectivity index (χ4v) is 3.66. The van der Waals surface area contributed by atoms with E-state index in [1.807, 2.05) is 0 Å². The fourth-order valence-electron chi connectivity index (χ4n) is 1.98. The van der Waals surface area contributed by atoms with Crippen LogP contribution in [0.25, 0.3) is 0 Å². The third-order valence-corrected chi connectivity index (χ3v) is 4.55. The Morgan fingerprint density at radius 3 is 2.78 bits per heavy atom. The van der Waals surface area contributed by atoms with Gasteiger partial charge in [0.15, 0.2) is 9.84 Å². The van der Waals surface area contributed by atoms with Gasteiger partial charge in [-0.25, -0.2) is 18.2 Å². The second kappa shape index (κ2) is 4.56. The van der Waals surface area contributed by atoms with Gasteiger partial charge in [0.25, 0.3) is 0 Å². The molecule has 1 aromatic heterocycles. The highest BCUT2D eigenvalue weighted by Crippen LogP contribution is 2.17. The Morgan fingerprint density at radius 2 is 2.22 bits per heavy atom. The SMILES string of the molecule is Cc1cc(C(=O)O)cc(NC2CCS(=O)(=O)C2)n1. The van der Waals surface area contributed by atoms with Crippen LogP contribution >= 0.6 is 0 Å². The first-order valence-electron chi connectivity index (χ1n) is 5.55. The minimum absolute atomic E-state index is 0.0744. The maximum absolute atomic E-state index is 11.3. The predicted molar refractivity (Wildman–Crippen MR) is 66.6 cm³/mol. The first-order valence-corrected chi connectivity index (χ1v) is 7.37. The summed E-state index contributed by atoms with van der Waals surface area (Å²) in [6.07, 6.45) is 0.528. The van der Waals surface area contributed by atoms with Gasteiger partial charge >= 0.3 is 5.97 Å². The van der Waals surface area contributed by atoms with Crippen molar-refractivity contribution in [2.45, 2.75) is 19.4 Å². The molecule has 2 rings (SSSR count). The lowest BCUT2D eigenvalue weighted by molar-refractivity contribution is 0.0696. The summed E-state index contributed by atoms with van der Waals surface area (Å²) in [5, 5.41) is 11.9. The summed E-state index contributed by atoms with van der Waals surface area (Å²) in [6, 6.07) is 2.70. The summed E-state index contributed by atoms with van der Waals surface area (Å²) in [4.78, 5) is 15.1. The van der Waals surface area contributed by atoms with Crippen molar-refractivity contribution in [2.75, 3.05) is 16.8 Å². The van der Waals surface area contributed by atoms with Crippen LogP contribution in [0, 0.1) is 6.92 Å². The van der Waals surface area contributed by atoms with Gasteiger partial charge in [0, 0.05) is 11.7 Å². The van der Waals surface area contributed by atoms with Crippen LogP contribution in [0.4, 0.5) is 5.82 Å². The Bertz CT molecular complexity index is 583. The molecule has 0 radical (unpaired) electrons. The first kappa shape index (κ1) is 12.8. The fraction of sp³-hybridized carbons (Fsp3) is 0.455. The number of hydrogen-bond donors (Lipinski definition) is 2. The molecule has 1 atom stereocenters. The molecule has 0 amide bonds. The van der Waals surface area contributed by atoms with Crippen molar-refractivity contribution < 1.29 is 18.3 Å². The molecule has 0 saturated carbocycles. The zero-order chi connectivity index (χ0) is 13.3. The monoisotopic (exact) mass is 270 g/mol. The first-order chi connectivity index (χ1) is 8.35. The van der Waals surface area contributed by atoms with Crippen molar-refractivity contribution in [1.29, 1.82) is 0 Å². The predicted octanol–water partition coefficient (Wildman–Crippen LogP) is 0.687. The Kier molecular flexibility index (Phi) is 3.25. The summed E-state index contributed by atoms with van der Waals surface area (Å²) in [5.74, 6) is -0.370. The Balaban J connectivity index is 2.17. The molecule has 1 aromatic rings. The Hall–Kier alpha value is -1.63. The summed E-state index contributed by atoms with van der Waals surface area (Å²) < 4.78 is 22.6. The van der Waals surface area contributed by atoms with E-state index in [1.165, 1.54) is 12.1 Å². The van der Waals surface area contributed by atoms with Gasteiger partial charge in [-0.1, -0.05) is 0 Å². The van der Waals surface area contributed by atoms with Gasteiger partial charge in [0.05, 0.1) is 17.1 Å². The van der Waals surface area contributed by atoms with Crippen LogP contribution in [0.5, 0.6) is 0 Å². The summed E-state index contributed by atoms with van der Waals surface area (Å²) in [5.41, 5.74) is 0.726. The average Bonchev–Trinajstić information content (AvgIpc) is 2.57. The van der Waals surface area contributed by atoms with Gasteiger partial charge < -0.3 is 10.4 Å². The van der Waals surface area contributed by atoms with Gasteiger partial charge in [0.2, 0.25) is 0 Å². The number of sulfone groups is 1. The number of nitrogens with zero attached hydrogens (tertiary/aromatic N) is 1. The topological polar surface area (TPSA) is 96.4 Å². The van der Waals surface area contributed by atoms with Crippen LogP contribution in [0.15, 0.2) is 12.1 Å². The van der Waals surface area contributed by atoms with Crippen molar-refractivity contribution in [3.8, 4) is 0 Å². The quantitative estimate of drug-likeness (QED) is 0.838. The van der Waals surface area contributed by atoms with E-state index in [0.717, 1.165) is 0 Å². The van der Waals surface area contributed by atoms with Crippen molar-refractivity contribution in [3.05, 3.63) is 23.4 Å². The van der Waals surface area contributed by atoms with Gasteiger partial charge in [-0.15, -0.1) is 0 Å². The lowest BCUT2D eigenvalue weighted by Gasteiger charge is -2.12. The van der Waals surface area contributed by atoms with E-state index in [-0.39, 0.29) is 23.1 Å². The lowest BCUT2D eigenvalue weighted by atomic mass is 10.2. The van der Waals surface area contributed by atoms with E-state index in [0.29, 0.717) is 17.9 Å². The average molecular weight is 270 g/mol. The number of carboxylic acids is 1. The minimum atomic E-state index is -2.96. The molecule has 1 unspecified atom stereocenters. The molecule has 0 aromatic carbocycles. The molecule has 1 fully saturated rings. The second-order valence-electron chi connectivity index (χ2n) is 4.43. The van der Waals surface area contributed by atoms with E-state index in [1.54, 1.807) is 6.92 Å². The molecule has 2 N–H and O–H groups in total. The van der Waals surface area contributed by atoms with Crippen molar-refractivity contribution in [2.24, 2.45) is 0 Å². The summed E-state index contributed by atoms with van der Waals surface area (Å²) in [6.45, 7) is 1.70. The zero-order valence-corrected chi connectivity index (χ0v) is 10.7. The highest BCUT2D eigenvalue weighted by Gasteiger charge is 2.28. The molecule has 0 bridgehead atoms. The minimum Gasteiger partial charge on any atom is -0.478 e. The van der Waals surface area contributed by atoms with Crippen LogP contribution in [-0.4, -0.2) is 42.0 Å². The molecule has 98 valence electrons. The molecule has 18 heavy (non-hydrogen) atoms. The number of carboxylic acid groups (broad SMARTS) is 1. The normalized spacial score (nSPS) is 21.7. The van der Waals surface area contributed by atoms with E-state index in [4.69, 9.17) is 5.11 Å². The Labute approximate surface area is 105 Å². The van der Waals surface area contributed by atoms with Gasteiger partial charge in [-0.3, -0.25) is 0 Å². The number of anilines is 1. The van der Waals surface area contributed by atoms with Gasteiger partial charge in [-0.2, -0.15) is 0 Å². The number of nitrogens with one attached hydrogen (secondary N) is 1. The number of aromatic nitrogens is 1. The largest absolute Gasteiger partial charge is 0.478 e. The highest BCUT2D eigenvalue weighted by molar-refractivity contribution is 7.91. The van der Waals surface area contributed by atoms with Crippen LogP contribution in [0.2, 0.25) is 0 Å². The number of pyridine rings is 1. The zero-order valence-electron chi connectivity index (χ0n) is 9.88. The maximum Gasteiger partial charge on any atom is 0.335 e. The third kappa shape index (κ3) is 2.98. The molecule has 1 aliphatic rings. The summed E-state index contributed by atoms with van der Waals surface area (Å²) in [7, 11) is -2.96. The molecular formula is C11H14N2O4S. The summed E-state index contributed by atoms with van der Waals surface area (Å²) >= 11 is 0. The van der Waals surface area contributed by atoms with E-state index < -0.39 is 15.8 Å². The smallest absolute Gasteiger partial charge is 0.335 e. The third-order valence-electron chi connectivity index (χ3n) is 2.78. The standard InChI is InChI=1S/C11H14N2O4S/c1-7-4-8(11(14)15)5-10(12-7)13-9-2-3-18(16,17)6-9/h4-5,9H,2-3,6H2,1H3,(H,12,13)(H,14,15). The Morgan fingerprint density at radius 1 is 1.50 bits per heavy atom. The molecule has 7 heteroatoms. The number of rotatable bonds is 3. The number of aromatic carboxylic acids is 1. The molecular weight excluding hydrogens is 256 g/mol. The number of hydrogen-bond acceptors (Lipinski definition) is 5. The molecule has 0 spiro atoms. The molecule has 1 aliphatic heterocycles. The maximum atomic E-state index is 11.3. The van der Waals surface area contributed by atoms with Crippen LogP contribution in [0.3, 0.4) is 0 Å². The number of carbonyl (C=O) groups is 1. The van der Waals surface area contributed by atoms with Gasteiger partial charge in [-0.05, 0) is 25.5 Å². The molecule has 0 aliphatic carbocycles. The highest BCUT2D eigenvalue weighted by atomic mass is 32.2. The molecule has 2 heterocycles. The van der Waals surface area contributed by atoms with E-state index in [9.17, 15) is 13.2 Å². The van der Waals surface area contributed by atoms with E-state index in [2.05, 4.69) is 10.3 Å². The molecule has 6 nitrogen and oxygen atoms in total. The lowest BCUT2D eigenvalue weighted by Crippen LogP contribution is -2.21. The van der Waals surface area contributed by atoms with Crippen molar-refractivity contribution in [1.82, 2.24) is 4.98 Å². The van der Waals surface area contributed by atoms with E-state index >= 15 is 0 Å². The van der Waals surface area contributed by atoms with Crippen molar-refractivity contribution in [3.63, 3.8) is 0 Å². The van der Waals surface area contributed by atoms with Crippen LogP contribution in [0.1, 0.15) is 22.5 Å². The van der Waals surface area contributed by atoms with Gasteiger partial charge in [0.1, 0.15) is 5.82 Å². The van der Waals surface area contributed by atoms with Crippen molar-refractivity contribution >= 4 is 21.6 Å². The second-order valence-corrected chi connectivity index (χ2v) is 6.66. The van der Waals surface area contributed by atoms with Crippen LogP contribution in [-0.2, 0) is 9.84 Å².